The van der Waals surface area contributed by atoms with E-state index >= 15 is 0 Å². The fourth-order valence-corrected chi connectivity index (χ4v) is 4.12. The van der Waals surface area contributed by atoms with E-state index in [1.807, 2.05) is 35.3 Å². The van der Waals surface area contributed by atoms with Gasteiger partial charge in [0.05, 0.1) is 11.2 Å². The Morgan fingerprint density at radius 3 is 2.86 bits per heavy atom. The first-order valence-electron chi connectivity index (χ1n) is 7.23. The average Bonchev–Trinajstić information content (AvgIpc) is 3.09. The standard InChI is InChI=1S/C16H17NO2S2/c18-15-14(10-4-8-13-9-5-11-19-13)21-16(20)17(15)12-6-2-1-3-7-12/h4-5,8-12H,1-3,6-7H2. The maximum Gasteiger partial charge on any atom is 0.266 e. The monoisotopic (exact) mass is 319 g/mol. The second-order valence-corrected chi connectivity index (χ2v) is 6.92. The van der Waals surface area contributed by atoms with Crippen molar-refractivity contribution in [3.8, 4) is 0 Å². The molecular formula is C16H17NO2S2. The summed E-state index contributed by atoms with van der Waals surface area (Å²) in [5.74, 6) is 0.829. The van der Waals surface area contributed by atoms with Crippen molar-refractivity contribution in [3.05, 3.63) is 41.2 Å². The van der Waals surface area contributed by atoms with E-state index in [2.05, 4.69) is 0 Å². The van der Waals surface area contributed by atoms with Crippen LogP contribution in [-0.2, 0) is 4.79 Å². The van der Waals surface area contributed by atoms with Crippen molar-refractivity contribution in [1.82, 2.24) is 4.90 Å². The smallest absolute Gasteiger partial charge is 0.266 e. The minimum atomic E-state index is 0.0565. The van der Waals surface area contributed by atoms with Gasteiger partial charge in [0.1, 0.15) is 10.1 Å². The molecule has 2 fully saturated rings. The number of carbonyl (C=O) groups is 1. The highest BCUT2D eigenvalue weighted by atomic mass is 32.2. The number of thiocarbonyl (C=S) groups is 1. The van der Waals surface area contributed by atoms with Crippen LogP contribution in [0.15, 0.2) is 39.9 Å². The van der Waals surface area contributed by atoms with Gasteiger partial charge < -0.3 is 4.42 Å². The molecule has 1 aromatic heterocycles. The first-order valence-corrected chi connectivity index (χ1v) is 8.45. The fraction of sp³-hybridized carbons (Fsp3) is 0.375. The Bertz CT molecular complexity index is 583. The molecule has 2 aliphatic rings. The minimum absolute atomic E-state index is 0.0565. The summed E-state index contributed by atoms with van der Waals surface area (Å²) < 4.78 is 5.92. The third-order valence-corrected chi connectivity index (χ3v) is 5.16. The van der Waals surface area contributed by atoms with Gasteiger partial charge >= 0.3 is 0 Å². The molecule has 3 nitrogen and oxygen atoms in total. The van der Waals surface area contributed by atoms with Gasteiger partial charge in [-0.05, 0) is 37.1 Å². The maximum atomic E-state index is 12.5. The molecule has 0 unspecified atom stereocenters. The van der Waals surface area contributed by atoms with E-state index in [1.54, 1.807) is 6.26 Å². The first-order chi connectivity index (χ1) is 10.3. The predicted molar refractivity (Wildman–Crippen MR) is 89.7 cm³/mol. The Labute approximate surface area is 134 Å². The number of thioether (sulfide) groups is 1. The zero-order chi connectivity index (χ0) is 14.7. The van der Waals surface area contributed by atoms with Crippen LogP contribution in [0.25, 0.3) is 6.08 Å². The van der Waals surface area contributed by atoms with E-state index in [0.29, 0.717) is 15.3 Å². The van der Waals surface area contributed by atoms with Crippen molar-refractivity contribution < 1.29 is 9.21 Å². The SMILES string of the molecule is O=C1C(=CC=Cc2ccco2)SC(=S)N1C1CCCCC1. The zero-order valence-corrected chi connectivity index (χ0v) is 13.3. The van der Waals surface area contributed by atoms with Crippen LogP contribution in [0.1, 0.15) is 37.9 Å². The third kappa shape index (κ3) is 3.30. The molecular weight excluding hydrogens is 302 g/mol. The number of carbonyl (C=O) groups excluding carboxylic acids is 1. The lowest BCUT2D eigenvalue weighted by atomic mass is 9.94. The lowest BCUT2D eigenvalue weighted by Crippen LogP contribution is -2.39. The van der Waals surface area contributed by atoms with Crippen LogP contribution in [0.4, 0.5) is 0 Å². The number of nitrogens with zero attached hydrogens (tertiary/aromatic N) is 1. The Kier molecular flexibility index (Phi) is 4.60. The van der Waals surface area contributed by atoms with Gasteiger partial charge in [0.25, 0.3) is 5.91 Å². The van der Waals surface area contributed by atoms with Crippen LogP contribution in [-0.4, -0.2) is 21.2 Å². The summed E-state index contributed by atoms with van der Waals surface area (Å²) in [5, 5.41) is 0. The van der Waals surface area contributed by atoms with Crippen LogP contribution in [0.5, 0.6) is 0 Å². The van der Waals surface area contributed by atoms with Gasteiger partial charge in [0.15, 0.2) is 0 Å². The summed E-state index contributed by atoms with van der Waals surface area (Å²) in [6.45, 7) is 0. The number of hydrogen-bond acceptors (Lipinski definition) is 4. The first kappa shape index (κ1) is 14.6. The van der Waals surface area contributed by atoms with E-state index in [-0.39, 0.29) is 5.91 Å². The lowest BCUT2D eigenvalue weighted by molar-refractivity contribution is -0.124. The summed E-state index contributed by atoms with van der Waals surface area (Å²) in [7, 11) is 0. The second-order valence-electron chi connectivity index (χ2n) is 5.24. The molecule has 110 valence electrons. The van der Waals surface area contributed by atoms with Gasteiger partial charge in [-0.1, -0.05) is 49.3 Å². The molecule has 1 amide bonds. The average molecular weight is 319 g/mol. The van der Waals surface area contributed by atoms with E-state index in [1.165, 1.54) is 31.0 Å². The van der Waals surface area contributed by atoms with Crippen molar-refractivity contribution in [1.29, 1.82) is 0 Å². The van der Waals surface area contributed by atoms with Crippen molar-refractivity contribution in [2.75, 3.05) is 0 Å². The molecule has 0 radical (unpaired) electrons. The van der Waals surface area contributed by atoms with E-state index in [0.717, 1.165) is 18.6 Å². The molecule has 0 bridgehead atoms. The number of allylic oxidation sites excluding steroid dienone is 2. The van der Waals surface area contributed by atoms with Gasteiger partial charge in [-0.25, -0.2) is 0 Å². The van der Waals surface area contributed by atoms with Crippen molar-refractivity contribution in [3.63, 3.8) is 0 Å². The molecule has 0 spiro atoms. The molecule has 1 aliphatic heterocycles. The molecule has 0 N–H and O–H groups in total. The highest BCUT2D eigenvalue weighted by Crippen LogP contribution is 2.36. The maximum absolute atomic E-state index is 12.5. The van der Waals surface area contributed by atoms with Crippen molar-refractivity contribution in [2.24, 2.45) is 0 Å². The topological polar surface area (TPSA) is 33.5 Å². The number of hydrogen-bond donors (Lipinski definition) is 0. The van der Waals surface area contributed by atoms with Crippen LogP contribution in [0, 0.1) is 0 Å². The molecule has 0 aromatic carbocycles. The summed E-state index contributed by atoms with van der Waals surface area (Å²) in [5.41, 5.74) is 0. The van der Waals surface area contributed by atoms with Crippen LogP contribution < -0.4 is 0 Å². The summed E-state index contributed by atoms with van der Waals surface area (Å²) >= 11 is 6.79. The molecule has 3 rings (SSSR count). The highest BCUT2D eigenvalue weighted by Gasteiger charge is 2.37. The van der Waals surface area contributed by atoms with Crippen LogP contribution in [0.3, 0.4) is 0 Å². The molecule has 1 saturated carbocycles. The van der Waals surface area contributed by atoms with Crippen LogP contribution in [0.2, 0.25) is 0 Å². The minimum Gasteiger partial charge on any atom is -0.465 e. The molecule has 2 heterocycles. The highest BCUT2D eigenvalue weighted by molar-refractivity contribution is 8.26. The van der Waals surface area contributed by atoms with Gasteiger partial charge in [-0.3, -0.25) is 9.69 Å². The quantitative estimate of drug-likeness (QED) is 0.612. The van der Waals surface area contributed by atoms with Gasteiger partial charge in [0.2, 0.25) is 0 Å². The Hall–Kier alpha value is -1.33. The Balaban J connectivity index is 1.70. The third-order valence-electron chi connectivity index (χ3n) is 3.81. The summed E-state index contributed by atoms with van der Waals surface area (Å²) in [6.07, 6.45) is 12.9. The number of rotatable bonds is 3. The molecule has 1 saturated heterocycles. The lowest BCUT2D eigenvalue weighted by Gasteiger charge is -2.29. The fourth-order valence-electron chi connectivity index (χ4n) is 2.76. The molecule has 0 atom stereocenters. The van der Waals surface area contributed by atoms with Gasteiger partial charge in [-0.2, -0.15) is 0 Å². The van der Waals surface area contributed by atoms with Crippen LogP contribution >= 0.6 is 24.0 Å². The Morgan fingerprint density at radius 1 is 1.33 bits per heavy atom. The zero-order valence-electron chi connectivity index (χ0n) is 11.7. The summed E-state index contributed by atoms with van der Waals surface area (Å²) in [4.78, 5) is 15.0. The van der Waals surface area contributed by atoms with E-state index < -0.39 is 0 Å². The largest absolute Gasteiger partial charge is 0.465 e. The van der Waals surface area contributed by atoms with Gasteiger partial charge in [0, 0.05) is 6.04 Å². The van der Waals surface area contributed by atoms with E-state index in [9.17, 15) is 4.79 Å². The molecule has 1 aliphatic carbocycles. The van der Waals surface area contributed by atoms with Gasteiger partial charge in [-0.15, -0.1) is 0 Å². The molecule has 21 heavy (non-hydrogen) atoms. The number of amides is 1. The molecule has 1 aromatic rings. The Morgan fingerprint density at radius 2 is 2.14 bits per heavy atom. The van der Waals surface area contributed by atoms with Crippen molar-refractivity contribution >= 4 is 40.3 Å². The number of furan rings is 1. The molecule has 5 heteroatoms. The normalized spacial score (nSPS) is 22.9. The van der Waals surface area contributed by atoms with Crippen molar-refractivity contribution in [2.45, 2.75) is 38.1 Å². The summed E-state index contributed by atoms with van der Waals surface area (Å²) in [6, 6.07) is 4.01. The second kappa shape index (κ2) is 6.62. The predicted octanol–water partition coefficient (Wildman–Crippen LogP) is 4.37. The van der Waals surface area contributed by atoms with E-state index in [4.69, 9.17) is 16.6 Å².